The van der Waals surface area contributed by atoms with Gasteiger partial charge in [0.15, 0.2) is 6.61 Å². The highest BCUT2D eigenvalue weighted by Gasteiger charge is 2.46. The first kappa shape index (κ1) is 11.6. The summed E-state index contributed by atoms with van der Waals surface area (Å²) in [6.45, 7) is 2.42. The predicted octanol–water partition coefficient (Wildman–Crippen LogP) is 2.46. The summed E-state index contributed by atoms with van der Waals surface area (Å²) in [6, 6.07) is 10.5. The normalized spacial score (nSPS) is 29.6. The van der Waals surface area contributed by atoms with Crippen molar-refractivity contribution in [1.82, 2.24) is 4.90 Å². The van der Waals surface area contributed by atoms with E-state index in [9.17, 15) is 4.79 Å². The molecule has 18 heavy (non-hydrogen) atoms. The number of amides is 1. The summed E-state index contributed by atoms with van der Waals surface area (Å²) in [5, 5.41) is 0. The van der Waals surface area contributed by atoms with Crippen LogP contribution in [0.15, 0.2) is 30.3 Å². The molecule has 0 spiro atoms. The molecule has 96 valence electrons. The Morgan fingerprint density at radius 3 is 2.72 bits per heavy atom. The quantitative estimate of drug-likeness (QED) is 0.818. The fourth-order valence-electron chi connectivity index (χ4n) is 3.41. The van der Waals surface area contributed by atoms with Crippen molar-refractivity contribution in [1.29, 1.82) is 0 Å². The molecule has 1 aromatic carbocycles. The van der Waals surface area contributed by atoms with Gasteiger partial charge in [0.25, 0.3) is 5.91 Å². The molecule has 3 atom stereocenters. The molecule has 3 unspecified atom stereocenters. The van der Waals surface area contributed by atoms with Crippen molar-refractivity contribution in [3.8, 4) is 5.75 Å². The van der Waals surface area contributed by atoms with Gasteiger partial charge in [-0.15, -0.1) is 0 Å². The molecule has 2 aliphatic heterocycles. The van der Waals surface area contributed by atoms with Crippen molar-refractivity contribution in [2.75, 3.05) is 6.61 Å². The van der Waals surface area contributed by atoms with Crippen LogP contribution >= 0.6 is 0 Å². The molecule has 2 fully saturated rings. The highest BCUT2D eigenvalue weighted by molar-refractivity contribution is 5.79. The molecular weight excluding hydrogens is 226 g/mol. The second-order valence-corrected chi connectivity index (χ2v) is 5.41. The standard InChI is InChI=1S/C15H19NO2/c1-11-9-12-7-8-14(11)16(12)15(17)10-18-13-5-3-2-4-6-13/h2-6,11-12,14H,7-10H2,1H3. The van der Waals surface area contributed by atoms with E-state index in [1.165, 1.54) is 19.3 Å². The van der Waals surface area contributed by atoms with Gasteiger partial charge in [-0.1, -0.05) is 25.1 Å². The molecule has 2 bridgehead atoms. The summed E-state index contributed by atoms with van der Waals surface area (Å²) in [7, 11) is 0. The average Bonchev–Trinajstić information content (AvgIpc) is 2.94. The largest absolute Gasteiger partial charge is 0.484 e. The van der Waals surface area contributed by atoms with E-state index in [0.717, 1.165) is 5.75 Å². The lowest BCUT2D eigenvalue weighted by Crippen LogP contribution is -2.39. The van der Waals surface area contributed by atoms with Crippen molar-refractivity contribution in [3.63, 3.8) is 0 Å². The maximum Gasteiger partial charge on any atom is 0.261 e. The highest BCUT2D eigenvalue weighted by Crippen LogP contribution is 2.41. The first-order chi connectivity index (χ1) is 8.75. The fourth-order valence-corrected chi connectivity index (χ4v) is 3.41. The third-order valence-corrected chi connectivity index (χ3v) is 4.24. The second kappa shape index (κ2) is 4.63. The zero-order valence-corrected chi connectivity index (χ0v) is 10.7. The maximum atomic E-state index is 12.2. The Balaban J connectivity index is 1.60. The Hall–Kier alpha value is -1.51. The number of rotatable bonds is 3. The summed E-state index contributed by atoms with van der Waals surface area (Å²) in [5.41, 5.74) is 0. The molecule has 3 nitrogen and oxygen atoms in total. The molecule has 2 aliphatic rings. The van der Waals surface area contributed by atoms with E-state index in [4.69, 9.17) is 4.74 Å². The molecule has 0 aromatic heterocycles. The summed E-state index contributed by atoms with van der Waals surface area (Å²) < 4.78 is 5.55. The molecule has 0 saturated carbocycles. The lowest BCUT2D eigenvalue weighted by Gasteiger charge is -2.23. The number of benzene rings is 1. The maximum absolute atomic E-state index is 12.2. The Morgan fingerprint density at radius 2 is 2.11 bits per heavy atom. The van der Waals surface area contributed by atoms with E-state index in [-0.39, 0.29) is 12.5 Å². The Bertz CT molecular complexity index is 431. The average molecular weight is 245 g/mol. The van der Waals surface area contributed by atoms with Crippen molar-refractivity contribution in [2.24, 2.45) is 5.92 Å². The van der Waals surface area contributed by atoms with Gasteiger partial charge in [0.2, 0.25) is 0 Å². The molecule has 0 aliphatic carbocycles. The fraction of sp³-hybridized carbons (Fsp3) is 0.533. The van der Waals surface area contributed by atoms with Crippen LogP contribution in [0.1, 0.15) is 26.2 Å². The van der Waals surface area contributed by atoms with Crippen LogP contribution in [0.3, 0.4) is 0 Å². The van der Waals surface area contributed by atoms with E-state index >= 15 is 0 Å². The molecular formula is C15H19NO2. The van der Waals surface area contributed by atoms with Crippen LogP contribution in [0.4, 0.5) is 0 Å². The lowest BCUT2D eigenvalue weighted by molar-refractivity contribution is -0.134. The summed E-state index contributed by atoms with van der Waals surface area (Å²) in [5.74, 6) is 1.57. The third-order valence-electron chi connectivity index (χ3n) is 4.24. The van der Waals surface area contributed by atoms with Gasteiger partial charge in [-0.2, -0.15) is 0 Å². The monoisotopic (exact) mass is 245 g/mol. The molecule has 2 saturated heterocycles. The van der Waals surface area contributed by atoms with Gasteiger partial charge >= 0.3 is 0 Å². The molecule has 1 amide bonds. The van der Waals surface area contributed by atoms with E-state index in [1.807, 2.05) is 30.3 Å². The first-order valence-corrected chi connectivity index (χ1v) is 6.74. The SMILES string of the molecule is CC1CC2CCC1N2C(=O)COc1ccccc1. The number of carbonyl (C=O) groups is 1. The van der Waals surface area contributed by atoms with Gasteiger partial charge in [-0.3, -0.25) is 4.79 Å². The number of fused-ring (bicyclic) bond motifs is 2. The van der Waals surface area contributed by atoms with Gasteiger partial charge in [0.05, 0.1) is 0 Å². The van der Waals surface area contributed by atoms with Crippen molar-refractivity contribution in [2.45, 2.75) is 38.3 Å². The molecule has 3 heteroatoms. The van der Waals surface area contributed by atoms with E-state index in [0.29, 0.717) is 18.0 Å². The molecule has 3 rings (SSSR count). The number of para-hydroxylation sites is 1. The first-order valence-electron chi connectivity index (χ1n) is 6.74. The zero-order chi connectivity index (χ0) is 12.5. The highest BCUT2D eigenvalue weighted by atomic mass is 16.5. The summed E-state index contributed by atoms with van der Waals surface area (Å²) in [6.07, 6.45) is 3.51. The Labute approximate surface area is 108 Å². The van der Waals surface area contributed by atoms with Crippen LogP contribution < -0.4 is 4.74 Å². The minimum absolute atomic E-state index is 0.149. The van der Waals surface area contributed by atoms with Gasteiger partial charge in [-0.25, -0.2) is 0 Å². The zero-order valence-electron chi connectivity index (χ0n) is 10.7. The van der Waals surface area contributed by atoms with E-state index in [2.05, 4.69) is 11.8 Å². The topological polar surface area (TPSA) is 29.5 Å². The smallest absolute Gasteiger partial charge is 0.261 e. The lowest BCUT2D eigenvalue weighted by atomic mass is 9.91. The molecule has 1 aromatic rings. The Kier molecular flexibility index (Phi) is 2.98. The second-order valence-electron chi connectivity index (χ2n) is 5.41. The van der Waals surface area contributed by atoms with E-state index < -0.39 is 0 Å². The number of carbonyl (C=O) groups excluding carboxylic acids is 1. The molecule has 0 N–H and O–H groups in total. The summed E-state index contributed by atoms with van der Waals surface area (Å²) in [4.78, 5) is 14.3. The minimum Gasteiger partial charge on any atom is -0.484 e. The van der Waals surface area contributed by atoms with Crippen LogP contribution in [0.25, 0.3) is 0 Å². The van der Waals surface area contributed by atoms with Crippen LogP contribution in [0.2, 0.25) is 0 Å². The van der Waals surface area contributed by atoms with Crippen molar-refractivity contribution in [3.05, 3.63) is 30.3 Å². The van der Waals surface area contributed by atoms with Crippen molar-refractivity contribution < 1.29 is 9.53 Å². The number of hydrogen-bond donors (Lipinski definition) is 0. The van der Waals surface area contributed by atoms with Gasteiger partial charge in [0, 0.05) is 12.1 Å². The number of hydrogen-bond acceptors (Lipinski definition) is 2. The molecule has 0 radical (unpaired) electrons. The minimum atomic E-state index is 0.149. The predicted molar refractivity (Wildman–Crippen MR) is 69.4 cm³/mol. The van der Waals surface area contributed by atoms with Gasteiger partial charge in [0.1, 0.15) is 5.75 Å². The van der Waals surface area contributed by atoms with Crippen LogP contribution in [0, 0.1) is 5.92 Å². The van der Waals surface area contributed by atoms with Gasteiger partial charge < -0.3 is 9.64 Å². The van der Waals surface area contributed by atoms with Crippen molar-refractivity contribution >= 4 is 5.91 Å². The van der Waals surface area contributed by atoms with Crippen LogP contribution in [-0.2, 0) is 4.79 Å². The van der Waals surface area contributed by atoms with E-state index in [1.54, 1.807) is 0 Å². The van der Waals surface area contributed by atoms with Crippen LogP contribution in [0.5, 0.6) is 5.75 Å². The van der Waals surface area contributed by atoms with Crippen LogP contribution in [-0.4, -0.2) is 29.5 Å². The molecule has 2 heterocycles. The van der Waals surface area contributed by atoms with Gasteiger partial charge in [-0.05, 0) is 37.3 Å². The third kappa shape index (κ3) is 1.98. The Morgan fingerprint density at radius 1 is 1.33 bits per heavy atom. The number of ether oxygens (including phenoxy) is 1. The summed E-state index contributed by atoms with van der Waals surface area (Å²) >= 11 is 0. The number of nitrogens with zero attached hydrogens (tertiary/aromatic N) is 1.